The Morgan fingerprint density at radius 1 is 1.31 bits per heavy atom. The van der Waals surface area contributed by atoms with Crippen molar-refractivity contribution in [1.29, 1.82) is 0 Å². The van der Waals surface area contributed by atoms with Gasteiger partial charge in [-0.05, 0) is 42.7 Å². The predicted octanol–water partition coefficient (Wildman–Crippen LogP) is 4.19. The Labute approximate surface area is 209 Å². The number of hydrogen-bond acceptors (Lipinski definition) is 7. The van der Waals surface area contributed by atoms with Gasteiger partial charge in [0.2, 0.25) is 5.91 Å². The van der Waals surface area contributed by atoms with Crippen molar-refractivity contribution in [2.24, 2.45) is 0 Å². The molecule has 182 valence electrons. The van der Waals surface area contributed by atoms with Crippen molar-refractivity contribution < 1.29 is 18.7 Å². The zero-order valence-corrected chi connectivity index (χ0v) is 20.7. The number of amides is 1. The fourth-order valence-electron chi connectivity index (χ4n) is 4.09. The lowest BCUT2D eigenvalue weighted by Gasteiger charge is -2.13. The Kier molecular flexibility index (Phi) is 7.03. The number of thioether (sulfide) groups is 1. The number of halogens is 1. The van der Waals surface area contributed by atoms with Crippen molar-refractivity contribution in [3.05, 3.63) is 64.2 Å². The van der Waals surface area contributed by atoms with E-state index < -0.39 is 5.82 Å². The summed E-state index contributed by atoms with van der Waals surface area (Å²) in [5.41, 5.74) is 0.959. The fourth-order valence-corrected chi connectivity index (χ4v) is 6.01. The number of nitrogens with zero attached hydrogens (tertiary/aromatic N) is 2. The molecule has 1 amide bonds. The first-order valence-electron chi connectivity index (χ1n) is 11.3. The zero-order chi connectivity index (χ0) is 24.4. The Bertz CT molecular complexity index is 1430. The van der Waals surface area contributed by atoms with Crippen LogP contribution in [0.3, 0.4) is 0 Å². The number of benzene rings is 2. The summed E-state index contributed by atoms with van der Waals surface area (Å²) in [4.78, 5) is 30.8. The van der Waals surface area contributed by atoms with Crippen LogP contribution >= 0.6 is 23.1 Å². The monoisotopic (exact) mass is 513 g/mol. The minimum atomic E-state index is -0.418. The van der Waals surface area contributed by atoms with E-state index in [4.69, 9.17) is 14.5 Å². The van der Waals surface area contributed by atoms with Crippen molar-refractivity contribution in [1.82, 2.24) is 14.9 Å². The number of aromatic nitrogens is 2. The summed E-state index contributed by atoms with van der Waals surface area (Å²) in [7, 11) is 1.59. The molecule has 1 aliphatic heterocycles. The number of methoxy groups -OCH3 is 1. The topological polar surface area (TPSA) is 82.4 Å². The van der Waals surface area contributed by atoms with E-state index in [0.29, 0.717) is 37.8 Å². The second-order valence-corrected chi connectivity index (χ2v) is 10.2. The molecule has 1 saturated heterocycles. The van der Waals surface area contributed by atoms with Crippen molar-refractivity contribution >= 4 is 49.3 Å². The molecule has 0 bridgehead atoms. The van der Waals surface area contributed by atoms with E-state index in [1.807, 2.05) is 24.3 Å². The molecule has 1 aliphatic rings. The van der Waals surface area contributed by atoms with Crippen LogP contribution in [-0.4, -0.2) is 47.6 Å². The predicted molar refractivity (Wildman–Crippen MR) is 136 cm³/mol. The van der Waals surface area contributed by atoms with E-state index >= 15 is 0 Å². The van der Waals surface area contributed by atoms with Crippen LogP contribution in [0.25, 0.3) is 20.3 Å². The van der Waals surface area contributed by atoms with Gasteiger partial charge in [0.1, 0.15) is 21.8 Å². The van der Waals surface area contributed by atoms with Crippen molar-refractivity contribution in [3.8, 4) is 5.75 Å². The molecule has 0 saturated carbocycles. The Morgan fingerprint density at radius 2 is 2.14 bits per heavy atom. The van der Waals surface area contributed by atoms with Crippen LogP contribution < -0.4 is 15.6 Å². The first-order valence-corrected chi connectivity index (χ1v) is 13.1. The quantitative estimate of drug-likeness (QED) is 0.281. The number of thiophene rings is 1. The van der Waals surface area contributed by atoms with Crippen LogP contribution in [0, 0.1) is 5.82 Å². The van der Waals surface area contributed by atoms with Gasteiger partial charge in [0.05, 0.1) is 30.9 Å². The second-order valence-electron chi connectivity index (χ2n) is 8.25. The summed E-state index contributed by atoms with van der Waals surface area (Å²) >= 11 is 2.40. The average Bonchev–Trinajstić information content (AvgIpc) is 3.52. The standard InChI is InChI=1S/C25H24FN3O4S2/c1-32-16-9-7-15(8-10-16)13-29-24(31)23-22(21-18(26)5-2-6-19(21)35-23)28-25(29)34-14-20(30)27-12-17-4-3-11-33-17/h2,5-10,17H,3-4,11-14H2,1H3,(H,27,30)/t17-/m1/s1. The lowest BCUT2D eigenvalue weighted by molar-refractivity contribution is -0.119. The van der Waals surface area contributed by atoms with E-state index in [2.05, 4.69) is 5.32 Å². The van der Waals surface area contributed by atoms with E-state index in [0.717, 1.165) is 25.0 Å². The molecule has 3 heterocycles. The highest BCUT2D eigenvalue weighted by atomic mass is 32.2. The summed E-state index contributed by atoms with van der Waals surface area (Å²) < 4.78 is 28.0. The second kappa shape index (κ2) is 10.3. The van der Waals surface area contributed by atoms with Gasteiger partial charge in [0.25, 0.3) is 5.56 Å². The lowest BCUT2D eigenvalue weighted by atomic mass is 10.2. The third-order valence-corrected chi connectivity index (χ3v) is 8.01. The Hall–Kier alpha value is -2.95. The van der Waals surface area contributed by atoms with E-state index in [1.165, 1.54) is 29.2 Å². The third kappa shape index (κ3) is 5.05. The highest BCUT2D eigenvalue weighted by molar-refractivity contribution is 7.99. The average molecular weight is 514 g/mol. The highest BCUT2D eigenvalue weighted by Gasteiger charge is 2.20. The number of ether oxygens (including phenoxy) is 2. The zero-order valence-electron chi connectivity index (χ0n) is 19.1. The molecule has 5 rings (SSSR count). The van der Waals surface area contributed by atoms with E-state index in [9.17, 15) is 14.0 Å². The van der Waals surface area contributed by atoms with Gasteiger partial charge in [0.15, 0.2) is 5.16 Å². The smallest absolute Gasteiger partial charge is 0.272 e. The Morgan fingerprint density at radius 3 is 2.89 bits per heavy atom. The molecular formula is C25H24FN3O4S2. The summed E-state index contributed by atoms with van der Waals surface area (Å²) in [5.74, 6) is 0.209. The summed E-state index contributed by atoms with van der Waals surface area (Å²) in [6.45, 7) is 1.45. The van der Waals surface area contributed by atoms with Crippen LogP contribution in [0.15, 0.2) is 52.4 Å². The normalized spacial score (nSPS) is 15.7. The minimum Gasteiger partial charge on any atom is -0.497 e. The Balaban J connectivity index is 1.48. The van der Waals surface area contributed by atoms with Gasteiger partial charge in [-0.3, -0.25) is 14.2 Å². The van der Waals surface area contributed by atoms with Gasteiger partial charge < -0.3 is 14.8 Å². The van der Waals surface area contributed by atoms with Crippen LogP contribution in [0.2, 0.25) is 0 Å². The summed E-state index contributed by atoms with van der Waals surface area (Å²) in [6, 6.07) is 12.2. The minimum absolute atomic E-state index is 0.0480. The first-order chi connectivity index (χ1) is 17.0. The summed E-state index contributed by atoms with van der Waals surface area (Å²) in [6.07, 6.45) is 1.98. The van der Waals surface area contributed by atoms with Gasteiger partial charge in [-0.2, -0.15) is 0 Å². The number of nitrogens with one attached hydrogen (secondary N) is 1. The molecule has 0 aliphatic carbocycles. The molecule has 2 aromatic heterocycles. The van der Waals surface area contributed by atoms with E-state index in [1.54, 1.807) is 23.8 Å². The van der Waals surface area contributed by atoms with Crippen LogP contribution in [0.4, 0.5) is 4.39 Å². The van der Waals surface area contributed by atoms with Crippen molar-refractivity contribution in [3.63, 3.8) is 0 Å². The van der Waals surface area contributed by atoms with Crippen molar-refractivity contribution in [2.45, 2.75) is 30.6 Å². The molecule has 0 unspecified atom stereocenters. The first kappa shape index (κ1) is 23.8. The molecule has 0 radical (unpaired) electrons. The maximum absolute atomic E-state index is 14.7. The number of carbonyl (C=O) groups excluding carboxylic acids is 1. The molecule has 0 spiro atoms. The molecule has 1 atom stereocenters. The van der Waals surface area contributed by atoms with Crippen LogP contribution in [0.5, 0.6) is 5.75 Å². The number of carbonyl (C=O) groups is 1. The molecule has 10 heteroatoms. The number of hydrogen-bond donors (Lipinski definition) is 1. The molecular weight excluding hydrogens is 489 g/mol. The molecule has 2 aromatic carbocycles. The number of fused-ring (bicyclic) bond motifs is 3. The molecule has 1 fully saturated rings. The van der Waals surface area contributed by atoms with Crippen molar-refractivity contribution in [2.75, 3.05) is 26.0 Å². The van der Waals surface area contributed by atoms with Gasteiger partial charge in [-0.15, -0.1) is 11.3 Å². The molecule has 1 N–H and O–H groups in total. The number of rotatable bonds is 8. The largest absolute Gasteiger partial charge is 0.497 e. The molecule has 4 aromatic rings. The van der Waals surface area contributed by atoms with Gasteiger partial charge in [0, 0.05) is 17.9 Å². The third-order valence-electron chi connectivity index (χ3n) is 5.90. The van der Waals surface area contributed by atoms with Gasteiger partial charge in [-0.1, -0.05) is 30.0 Å². The lowest BCUT2D eigenvalue weighted by Crippen LogP contribution is -2.33. The van der Waals surface area contributed by atoms with Gasteiger partial charge in [-0.25, -0.2) is 9.37 Å². The molecule has 7 nitrogen and oxygen atoms in total. The van der Waals surface area contributed by atoms with Crippen LogP contribution in [-0.2, 0) is 16.1 Å². The fraction of sp³-hybridized carbons (Fsp3) is 0.320. The maximum Gasteiger partial charge on any atom is 0.272 e. The van der Waals surface area contributed by atoms with E-state index in [-0.39, 0.29) is 29.9 Å². The summed E-state index contributed by atoms with van der Waals surface area (Å²) in [5, 5.41) is 3.60. The highest BCUT2D eigenvalue weighted by Crippen LogP contribution is 2.33. The maximum atomic E-state index is 14.7. The SMILES string of the molecule is COc1ccc(Cn2c(SCC(=O)NC[C@H]3CCCO3)nc3c(sc4cccc(F)c43)c2=O)cc1. The van der Waals surface area contributed by atoms with Gasteiger partial charge >= 0.3 is 0 Å². The van der Waals surface area contributed by atoms with Crippen LogP contribution in [0.1, 0.15) is 18.4 Å². The molecule has 35 heavy (non-hydrogen) atoms.